The van der Waals surface area contributed by atoms with Crippen molar-refractivity contribution in [2.24, 2.45) is 0 Å². The Labute approximate surface area is 156 Å². The van der Waals surface area contributed by atoms with Gasteiger partial charge in [0.25, 0.3) is 5.91 Å². The van der Waals surface area contributed by atoms with Crippen LogP contribution in [0.5, 0.6) is 5.75 Å². The number of carbonyl (C=O) groups excluding carboxylic acids is 2. The summed E-state index contributed by atoms with van der Waals surface area (Å²) >= 11 is 0. The number of anilines is 1. The molecule has 3 amide bonds. The maximum absolute atomic E-state index is 13.3. The topological polar surface area (TPSA) is 75.0 Å². The first kappa shape index (κ1) is 18.8. The van der Waals surface area contributed by atoms with E-state index in [-0.39, 0.29) is 17.7 Å². The molecule has 0 radical (unpaired) electrons. The fraction of sp³-hybridized carbons (Fsp3) is 0.368. The van der Waals surface area contributed by atoms with Crippen molar-refractivity contribution in [3.63, 3.8) is 0 Å². The van der Waals surface area contributed by atoms with Crippen LogP contribution in [-0.2, 0) is 0 Å². The molecule has 3 rings (SSSR count). The molecule has 1 aliphatic rings. The highest BCUT2D eigenvalue weighted by Crippen LogP contribution is 2.25. The van der Waals surface area contributed by atoms with Gasteiger partial charge in [0.1, 0.15) is 23.1 Å². The van der Waals surface area contributed by atoms with Crippen LogP contribution >= 0.6 is 0 Å². The second kappa shape index (κ2) is 7.69. The molecule has 1 fully saturated rings. The van der Waals surface area contributed by atoms with E-state index >= 15 is 0 Å². The quantitative estimate of drug-likeness (QED) is 0.895. The molecule has 144 valence electrons. The molecule has 1 aromatic heterocycles. The lowest BCUT2D eigenvalue weighted by molar-refractivity contribution is 0.0670. The molecular formula is C19H22FN3O4. The second-order valence-corrected chi connectivity index (χ2v) is 6.38. The first-order valence-corrected chi connectivity index (χ1v) is 8.65. The van der Waals surface area contributed by atoms with Crippen LogP contribution in [0, 0.1) is 19.7 Å². The number of nitrogens with one attached hydrogen (secondary N) is 1. The highest BCUT2D eigenvalue weighted by molar-refractivity contribution is 5.96. The largest absolute Gasteiger partial charge is 0.494 e. The number of piperazine rings is 1. The summed E-state index contributed by atoms with van der Waals surface area (Å²) in [6, 6.07) is 5.33. The van der Waals surface area contributed by atoms with E-state index in [4.69, 9.17) is 9.15 Å². The van der Waals surface area contributed by atoms with Gasteiger partial charge in [0, 0.05) is 32.2 Å². The first-order valence-electron chi connectivity index (χ1n) is 8.65. The fourth-order valence-corrected chi connectivity index (χ4v) is 3.09. The van der Waals surface area contributed by atoms with Gasteiger partial charge in [-0.15, -0.1) is 0 Å². The number of carbonyl (C=O) groups is 2. The number of halogens is 1. The van der Waals surface area contributed by atoms with Crippen molar-refractivity contribution < 1.29 is 23.1 Å². The average Bonchev–Trinajstić information content (AvgIpc) is 3.00. The van der Waals surface area contributed by atoms with E-state index in [0.29, 0.717) is 49.0 Å². The van der Waals surface area contributed by atoms with Gasteiger partial charge in [-0.25, -0.2) is 9.18 Å². The summed E-state index contributed by atoms with van der Waals surface area (Å²) in [7, 11) is 1.41. The number of methoxy groups -OCH3 is 1. The van der Waals surface area contributed by atoms with Gasteiger partial charge in [-0.05, 0) is 32.0 Å². The SMILES string of the molecule is COc1cc(F)ccc1NC(=O)N1CCN(C(=O)c2cc(C)oc2C)CC1. The van der Waals surface area contributed by atoms with Crippen LogP contribution in [-0.4, -0.2) is 55.0 Å². The monoisotopic (exact) mass is 375 g/mol. The number of nitrogens with zero attached hydrogens (tertiary/aromatic N) is 2. The first-order chi connectivity index (χ1) is 12.9. The van der Waals surface area contributed by atoms with Crippen LogP contribution in [0.2, 0.25) is 0 Å². The van der Waals surface area contributed by atoms with Gasteiger partial charge in [0.2, 0.25) is 0 Å². The predicted octanol–water partition coefficient (Wildman–Crippen LogP) is 3.03. The average molecular weight is 375 g/mol. The molecule has 2 aromatic rings. The third-order valence-corrected chi connectivity index (χ3v) is 4.53. The van der Waals surface area contributed by atoms with Crippen molar-refractivity contribution in [2.75, 3.05) is 38.6 Å². The molecule has 1 saturated heterocycles. The lowest BCUT2D eigenvalue weighted by Gasteiger charge is -2.34. The summed E-state index contributed by atoms with van der Waals surface area (Å²) in [5.41, 5.74) is 0.952. The minimum atomic E-state index is -0.443. The number of amides is 3. The number of rotatable bonds is 3. The van der Waals surface area contributed by atoms with E-state index in [0.717, 1.165) is 0 Å². The van der Waals surface area contributed by atoms with E-state index in [1.165, 1.54) is 25.3 Å². The Morgan fingerprint density at radius 2 is 1.78 bits per heavy atom. The van der Waals surface area contributed by atoms with Gasteiger partial charge in [0.05, 0.1) is 18.4 Å². The molecule has 1 aliphatic heterocycles. The third-order valence-electron chi connectivity index (χ3n) is 4.53. The molecule has 27 heavy (non-hydrogen) atoms. The predicted molar refractivity (Wildman–Crippen MR) is 97.6 cm³/mol. The fourth-order valence-electron chi connectivity index (χ4n) is 3.09. The van der Waals surface area contributed by atoms with Crippen LogP contribution in [0.25, 0.3) is 0 Å². The summed E-state index contributed by atoms with van der Waals surface area (Å²) in [6.45, 7) is 5.22. The van der Waals surface area contributed by atoms with Crippen LogP contribution in [0.1, 0.15) is 21.9 Å². The van der Waals surface area contributed by atoms with Crippen LogP contribution < -0.4 is 10.1 Å². The van der Waals surface area contributed by atoms with Gasteiger partial charge in [-0.1, -0.05) is 0 Å². The highest BCUT2D eigenvalue weighted by Gasteiger charge is 2.27. The molecule has 8 heteroatoms. The molecule has 2 heterocycles. The summed E-state index contributed by atoms with van der Waals surface area (Å²) < 4.78 is 23.8. The van der Waals surface area contributed by atoms with E-state index in [2.05, 4.69) is 5.32 Å². The zero-order valence-corrected chi connectivity index (χ0v) is 15.5. The van der Waals surface area contributed by atoms with E-state index in [1.54, 1.807) is 29.7 Å². The normalized spacial score (nSPS) is 14.2. The van der Waals surface area contributed by atoms with Gasteiger partial charge in [-0.3, -0.25) is 4.79 Å². The number of hydrogen-bond donors (Lipinski definition) is 1. The number of urea groups is 1. The van der Waals surface area contributed by atoms with Gasteiger partial charge >= 0.3 is 6.03 Å². The number of furan rings is 1. The number of hydrogen-bond acceptors (Lipinski definition) is 4. The van der Waals surface area contributed by atoms with Crippen LogP contribution in [0.15, 0.2) is 28.7 Å². The van der Waals surface area contributed by atoms with Gasteiger partial charge in [0.15, 0.2) is 0 Å². The molecule has 0 atom stereocenters. The standard InChI is InChI=1S/C19H22FN3O4/c1-12-10-15(13(2)27-12)18(24)22-6-8-23(9-7-22)19(25)21-16-5-4-14(20)11-17(16)26-3/h4-5,10-11H,6-9H2,1-3H3,(H,21,25). The van der Waals surface area contributed by atoms with E-state index < -0.39 is 5.82 Å². The lowest BCUT2D eigenvalue weighted by Crippen LogP contribution is -2.51. The maximum Gasteiger partial charge on any atom is 0.322 e. The van der Waals surface area contributed by atoms with E-state index in [1.807, 2.05) is 0 Å². The Morgan fingerprint density at radius 1 is 1.11 bits per heavy atom. The smallest absolute Gasteiger partial charge is 0.322 e. The van der Waals surface area contributed by atoms with Crippen molar-refractivity contribution in [1.29, 1.82) is 0 Å². The molecule has 0 saturated carbocycles. The number of ether oxygens (including phenoxy) is 1. The highest BCUT2D eigenvalue weighted by atomic mass is 19.1. The molecule has 7 nitrogen and oxygen atoms in total. The van der Waals surface area contributed by atoms with E-state index in [9.17, 15) is 14.0 Å². The van der Waals surface area contributed by atoms with Crippen molar-refractivity contribution in [2.45, 2.75) is 13.8 Å². The molecule has 0 aliphatic carbocycles. The van der Waals surface area contributed by atoms with Crippen LogP contribution in [0.4, 0.5) is 14.9 Å². The lowest BCUT2D eigenvalue weighted by atomic mass is 10.2. The van der Waals surface area contributed by atoms with Crippen LogP contribution in [0.3, 0.4) is 0 Å². The minimum Gasteiger partial charge on any atom is -0.494 e. The van der Waals surface area contributed by atoms with Crippen molar-refractivity contribution in [3.05, 3.63) is 47.2 Å². The molecule has 1 aromatic carbocycles. The maximum atomic E-state index is 13.3. The van der Waals surface area contributed by atoms with Gasteiger partial charge < -0.3 is 24.3 Å². The Balaban J connectivity index is 1.59. The summed E-state index contributed by atoms with van der Waals surface area (Å²) in [5.74, 6) is 1.01. The zero-order chi connectivity index (χ0) is 19.6. The summed E-state index contributed by atoms with van der Waals surface area (Å²) in [5, 5.41) is 2.72. The Hall–Kier alpha value is -3.03. The third kappa shape index (κ3) is 4.05. The van der Waals surface area contributed by atoms with Crippen molar-refractivity contribution in [1.82, 2.24) is 9.80 Å². The summed E-state index contributed by atoms with van der Waals surface area (Å²) in [4.78, 5) is 28.4. The van der Waals surface area contributed by atoms with Gasteiger partial charge in [-0.2, -0.15) is 0 Å². The second-order valence-electron chi connectivity index (χ2n) is 6.38. The Bertz CT molecular complexity index is 857. The minimum absolute atomic E-state index is 0.0930. The van der Waals surface area contributed by atoms with Crippen molar-refractivity contribution in [3.8, 4) is 5.75 Å². The Morgan fingerprint density at radius 3 is 2.37 bits per heavy atom. The summed E-state index contributed by atoms with van der Waals surface area (Å²) in [6.07, 6.45) is 0. The molecule has 1 N–H and O–H groups in total. The zero-order valence-electron chi connectivity index (χ0n) is 15.5. The van der Waals surface area contributed by atoms with Crippen molar-refractivity contribution >= 4 is 17.6 Å². The molecule has 0 bridgehead atoms. The molecule has 0 unspecified atom stereocenters. The Kier molecular flexibility index (Phi) is 5.34. The molecular weight excluding hydrogens is 353 g/mol. The number of benzene rings is 1. The number of aryl methyl sites for hydroxylation is 2. The molecule has 0 spiro atoms.